The first-order chi connectivity index (χ1) is 8.12. The van der Waals surface area contributed by atoms with Crippen LogP contribution in [0.4, 0.5) is 0 Å². The quantitative estimate of drug-likeness (QED) is 0.771. The zero-order valence-corrected chi connectivity index (χ0v) is 10.6. The molecule has 0 heterocycles. The summed E-state index contributed by atoms with van der Waals surface area (Å²) in [6.07, 6.45) is 1.94. The lowest BCUT2D eigenvalue weighted by Gasteiger charge is -2.28. The summed E-state index contributed by atoms with van der Waals surface area (Å²) in [5, 5.41) is 0. The molecule has 0 bridgehead atoms. The number of benzene rings is 1. The number of nitrogens with two attached hydrogens (primary N) is 1. The molecule has 0 spiro atoms. The van der Waals surface area contributed by atoms with Crippen LogP contribution in [0, 0.1) is 0 Å². The molecule has 0 aromatic heterocycles. The SMILES string of the molecule is CCCC(N)(CC(=O)OCC)c1ccccc1. The van der Waals surface area contributed by atoms with Crippen LogP contribution in [-0.4, -0.2) is 12.6 Å². The third-order valence-corrected chi connectivity index (χ3v) is 2.81. The second-order valence-electron chi connectivity index (χ2n) is 4.25. The Kier molecular flexibility index (Phi) is 5.16. The van der Waals surface area contributed by atoms with Crippen LogP contribution in [0.15, 0.2) is 30.3 Å². The van der Waals surface area contributed by atoms with Crippen molar-refractivity contribution in [2.75, 3.05) is 6.61 Å². The molecular formula is C14H21NO2. The molecule has 1 aromatic carbocycles. The lowest BCUT2D eigenvalue weighted by Crippen LogP contribution is -2.39. The standard InChI is InChI=1S/C14H21NO2/c1-3-10-14(15,11-13(16)17-4-2)12-8-6-5-7-9-12/h5-9H,3-4,10-11,15H2,1-2H3. The molecule has 0 aliphatic rings. The van der Waals surface area contributed by atoms with Gasteiger partial charge in [-0.1, -0.05) is 43.7 Å². The first-order valence-electron chi connectivity index (χ1n) is 6.12. The highest BCUT2D eigenvalue weighted by Gasteiger charge is 2.29. The van der Waals surface area contributed by atoms with Crippen LogP contribution in [-0.2, 0) is 15.1 Å². The summed E-state index contributed by atoms with van der Waals surface area (Å²) in [7, 11) is 0. The minimum absolute atomic E-state index is 0.229. The van der Waals surface area contributed by atoms with Crippen LogP contribution in [0.25, 0.3) is 0 Å². The van der Waals surface area contributed by atoms with E-state index in [1.165, 1.54) is 0 Å². The van der Waals surface area contributed by atoms with Crippen molar-refractivity contribution in [2.45, 2.75) is 38.6 Å². The Bertz CT molecular complexity index is 350. The van der Waals surface area contributed by atoms with Crippen molar-refractivity contribution >= 4 is 5.97 Å². The maximum absolute atomic E-state index is 11.6. The van der Waals surface area contributed by atoms with Crippen molar-refractivity contribution in [3.05, 3.63) is 35.9 Å². The summed E-state index contributed by atoms with van der Waals surface area (Å²) < 4.78 is 4.99. The predicted octanol–water partition coefficient (Wildman–Crippen LogP) is 2.59. The van der Waals surface area contributed by atoms with Gasteiger partial charge in [0.1, 0.15) is 0 Å². The molecular weight excluding hydrogens is 214 g/mol. The van der Waals surface area contributed by atoms with E-state index in [9.17, 15) is 4.79 Å². The summed E-state index contributed by atoms with van der Waals surface area (Å²) in [6, 6.07) is 9.76. The minimum Gasteiger partial charge on any atom is -0.466 e. The molecule has 1 atom stereocenters. The number of carbonyl (C=O) groups is 1. The highest BCUT2D eigenvalue weighted by atomic mass is 16.5. The lowest BCUT2D eigenvalue weighted by molar-refractivity contribution is -0.144. The Morgan fingerprint density at radius 3 is 2.47 bits per heavy atom. The number of esters is 1. The van der Waals surface area contributed by atoms with E-state index >= 15 is 0 Å². The topological polar surface area (TPSA) is 52.3 Å². The van der Waals surface area contributed by atoms with Gasteiger partial charge in [-0.3, -0.25) is 4.79 Å². The fraction of sp³-hybridized carbons (Fsp3) is 0.500. The molecule has 3 nitrogen and oxygen atoms in total. The molecule has 17 heavy (non-hydrogen) atoms. The van der Waals surface area contributed by atoms with Gasteiger partial charge < -0.3 is 10.5 Å². The van der Waals surface area contributed by atoms with Crippen LogP contribution in [0.1, 0.15) is 38.7 Å². The molecule has 0 aliphatic carbocycles. The normalized spacial score (nSPS) is 14.1. The van der Waals surface area contributed by atoms with E-state index in [0.29, 0.717) is 6.61 Å². The highest BCUT2D eigenvalue weighted by Crippen LogP contribution is 2.27. The third kappa shape index (κ3) is 3.86. The van der Waals surface area contributed by atoms with Gasteiger partial charge in [0.05, 0.1) is 18.6 Å². The average Bonchev–Trinajstić information content (AvgIpc) is 2.30. The van der Waals surface area contributed by atoms with Crippen LogP contribution in [0.2, 0.25) is 0 Å². The first-order valence-corrected chi connectivity index (χ1v) is 6.12. The molecule has 1 rings (SSSR count). The zero-order chi connectivity index (χ0) is 12.7. The molecule has 0 aliphatic heterocycles. The Balaban J connectivity index is 2.86. The molecule has 0 amide bonds. The molecule has 0 radical (unpaired) electrons. The summed E-state index contributed by atoms with van der Waals surface area (Å²) in [4.78, 5) is 11.6. The summed E-state index contributed by atoms with van der Waals surface area (Å²) in [5.74, 6) is -0.229. The second kappa shape index (κ2) is 6.40. The molecule has 1 unspecified atom stereocenters. The van der Waals surface area contributed by atoms with E-state index in [4.69, 9.17) is 10.5 Å². The molecule has 1 aromatic rings. The number of hydrogen-bond acceptors (Lipinski definition) is 3. The number of hydrogen-bond donors (Lipinski definition) is 1. The largest absolute Gasteiger partial charge is 0.466 e. The van der Waals surface area contributed by atoms with Crippen molar-refractivity contribution in [2.24, 2.45) is 5.73 Å². The van der Waals surface area contributed by atoms with Crippen molar-refractivity contribution in [1.29, 1.82) is 0 Å². The van der Waals surface area contributed by atoms with Gasteiger partial charge in [0, 0.05) is 0 Å². The van der Waals surface area contributed by atoms with E-state index in [0.717, 1.165) is 18.4 Å². The van der Waals surface area contributed by atoms with E-state index in [-0.39, 0.29) is 12.4 Å². The van der Waals surface area contributed by atoms with Crippen LogP contribution in [0.3, 0.4) is 0 Å². The van der Waals surface area contributed by atoms with Crippen LogP contribution < -0.4 is 5.73 Å². The van der Waals surface area contributed by atoms with Gasteiger partial charge in [0.25, 0.3) is 0 Å². The van der Waals surface area contributed by atoms with Gasteiger partial charge in [0.2, 0.25) is 0 Å². The Labute approximate surface area is 103 Å². The monoisotopic (exact) mass is 235 g/mol. The maximum atomic E-state index is 11.6. The van der Waals surface area contributed by atoms with E-state index in [2.05, 4.69) is 6.92 Å². The van der Waals surface area contributed by atoms with Gasteiger partial charge in [-0.2, -0.15) is 0 Å². The van der Waals surface area contributed by atoms with Gasteiger partial charge in [-0.05, 0) is 18.9 Å². The molecule has 94 valence electrons. The number of rotatable bonds is 6. The van der Waals surface area contributed by atoms with Gasteiger partial charge in [-0.15, -0.1) is 0 Å². The summed E-state index contributed by atoms with van der Waals surface area (Å²) in [6.45, 7) is 4.27. The molecule has 0 fully saturated rings. The lowest BCUT2D eigenvalue weighted by atomic mass is 9.84. The average molecular weight is 235 g/mol. The van der Waals surface area contributed by atoms with Crippen molar-refractivity contribution in [1.82, 2.24) is 0 Å². The minimum atomic E-state index is -0.609. The Hall–Kier alpha value is -1.35. The van der Waals surface area contributed by atoms with Crippen LogP contribution in [0.5, 0.6) is 0 Å². The van der Waals surface area contributed by atoms with Gasteiger partial charge in [-0.25, -0.2) is 0 Å². The van der Waals surface area contributed by atoms with E-state index < -0.39 is 5.54 Å². The first kappa shape index (κ1) is 13.7. The highest BCUT2D eigenvalue weighted by molar-refractivity contribution is 5.71. The molecule has 2 N–H and O–H groups in total. The second-order valence-corrected chi connectivity index (χ2v) is 4.25. The number of ether oxygens (including phenoxy) is 1. The maximum Gasteiger partial charge on any atom is 0.307 e. The molecule has 3 heteroatoms. The Morgan fingerprint density at radius 2 is 1.94 bits per heavy atom. The summed E-state index contributed by atoms with van der Waals surface area (Å²) in [5.41, 5.74) is 6.75. The third-order valence-electron chi connectivity index (χ3n) is 2.81. The van der Waals surface area contributed by atoms with Crippen molar-refractivity contribution in [3.8, 4) is 0 Å². The predicted molar refractivity (Wildman–Crippen MR) is 68.5 cm³/mol. The Morgan fingerprint density at radius 1 is 1.29 bits per heavy atom. The van der Waals surface area contributed by atoms with E-state index in [1.807, 2.05) is 30.3 Å². The zero-order valence-electron chi connectivity index (χ0n) is 10.6. The van der Waals surface area contributed by atoms with Crippen molar-refractivity contribution in [3.63, 3.8) is 0 Å². The smallest absolute Gasteiger partial charge is 0.307 e. The van der Waals surface area contributed by atoms with Crippen LogP contribution >= 0.6 is 0 Å². The molecule has 0 saturated heterocycles. The van der Waals surface area contributed by atoms with E-state index in [1.54, 1.807) is 6.92 Å². The number of carbonyl (C=O) groups excluding carboxylic acids is 1. The van der Waals surface area contributed by atoms with Crippen molar-refractivity contribution < 1.29 is 9.53 Å². The fourth-order valence-electron chi connectivity index (χ4n) is 2.02. The van der Waals surface area contributed by atoms with Gasteiger partial charge in [0.15, 0.2) is 0 Å². The summed E-state index contributed by atoms with van der Waals surface area (Å²) >= 11 is 0. The van der Waals surface area contributed by atoms with Gasteiger partial charge >= 0.3 is 5.97 Å². The fourth-order valence-corrected chi connectivity index (χ4v) is 2.02. The molecule has 0 saturated carbocycles.